The van der Waals surface area contributed by atoms with Crippen molar-refractivity contribution in [2.75, 3.05) is 24.6 Å². The van der Waals surface area contributed by atoms with Gasteiger partial charge in [-0.15, -0.1) is 5.10 Å². The average molecular weight is 450 g/mol. The van der Waals surface area contributed by atoms with Gasteiger partial charge in [-0.25, -0.2) is 8.42 Å². The number of sulfone groups is 1. The largest absolute Gasteiger partial charge is 0.390 e. The summed E-state index contributed by atoms with van der Waals surface area (Å²) in [5, 5.41) is 31.9. The van der Waals surface area contributed by atoms with Crippen LogP contribution in [0.3, 0.4) is 0 Å². The van der Waals surface area contributed by atoms with Gasteiger partial charge in [-0.05, 0) is 18.6 Å². The maximum absolute atomic E-state index is 12.4. The van der Waals surface area contributed by atoms with Gasteiger partial charge in [-0.3, -0.25) is 14.4 Å². The molecule has 0 radical (unpaired) electrons. The van der Waals surface area contributed by atoms with Gasteiger partial charge in [-0.1, -0.05) is 23.4 Å². The molecule has 11 heteroatoms. The van der Waals surface area contributed by atoms with Crippen LogP contribution < -0.4 is 5.32 Å². The van der Waals surface area contributed by atoms with Gasteiger partial charge in [0.15, 0.2) is 9.84 Å². The summed E-state index contributed by atoms with van der Waals surface area (Å²) in [6.07, 6.45) is 0.148. The molecule has 2 heterocycles. The van der Waals surface area contributed by atoms with E-state index in [0.717, 1.165) is 5.69 Å². The molecular formula is C20H27N5O5S. The van der Waals surface area contributed by atoms with Crippen molar-refractivity contribution < 1.29 is 23.4 Å². The number of carbonyl (C=O) groups excluding carboxylic acids is 1. The minimum atomic E-state index is -2.93. The number of nitrogens with zero attached hydrogens (tertiary/aromatic N) is 4. The molecule has 1 aromatic heterocycles. The zero-order chi connectivity index (χ0) is 22.0. The molecular weight excluding hydrogens is 422 g/mol. The van der Waals surface area contributed by atoms with Crippen LogP contribution in [0.15, 0.2) is 36.5 Å². The van der Waals surface area contributed by atoms with E-state index in [4.69, 9.17) is 0 Å². The Labute approximate surface area is 180 Å². The predicted molar refractivity (Wildman–Crippen MR) is 112 cm³/mol. The smallest absolute Gasteiger partial charge is 0.251 e. The molecule has 0 unspecified atom stereocenters. The second kappa shape index (κ2) is 9.03. The summed E-state index contributed by atoms with van der Waals surface area (Å²) in [5.74, 6) is -0.262. The number of aromatic nitrogens is 3. The van der Waals surface area contributed by atoms with Crippen molar-refractivity contribution in [1.82, 2.24) is 25.2 Å². The molecule has 4 atom stereocenters. The van der Waals surface area contributed by atoms with E-state index in [1.165, 1.54) is 0 Å². The van der Waals surface area contributed by atoms with E-state index in [9.17, 15) is 23.4 Å². The third-order valence-electron chi connectivity index (χ3n) is 5.98. The Morgan fingerprint density at radius 1 is 1.13 bits per heavy atom. The maximum Gasteiger partial charge on any atom is 0.251 e. The van der Waals surface area contributed by atoms with E-state index in [2.05, 4.69) is 15.6 Å². The highest BCUT2D eigenvalue weighted by molar-refractivity contribution is 7.91. The minimum absolute atomic E-state index is 0.156. The first-order valence-electron chi connectivity index (χ1n) is 10.3. The summed E-state index contributed by atoms with van der Waals surface area (Å²) < 4.78 is 24.7. The van der Waals surface area contributed by atoms with Crippen LogP contribution in [0.1, 0.15) is 22.5 Å². The van der Waals surface area contributed by atoms with E-state index < -0.39 is 28.1 Å². The molecule has 1 aliphatic heterocycles. The van der Waals surface area contributed by atoms with Crippen LogP contribution in [0.25, 0.3) is 0 Å². The molecule has 2 aromatic rings. The SMILES string of the molecule is O=C(N[C@@H]1C[C@H](Cn2cc(CN3CCS(=O)(=O)CC3)nn2)[C@@H](O)[C@H]1O)c1ccccc1. The summed E-state index contributed by atoms with van der Waals surface area (Å²) in [5.41, 5.74) is 1.22. The zero-order valence-corrected chi connectivity index (χ0v) is 17.9. The second-order valence-electron chi connectivity index (χ2n) is 8.28. The third-order valence-corrected chi connectivity index (χ3v) is 7.59. The normalized spacial score (nSPS) is 28.5. The first-order valence-corrected chi connectivity index (χ1v) is 12.2. The van der Waals surface area contributed by atoms with Crippen molar-refractivity contribution in [2.45, 2.75) is 37.8 Å². The molecule has 2 aliphatic rings. The van der Waals surface area contributed by atoms with Gasteiger partial charge in [0.25, 0.3) is 5.91 Å². The first-order chi connectivity index (χ1) is 14.8. The first kappa shape index (κ1) is 21.9. The van der Waals surface area contributed by atoms with Crippen LogP contribution in [0.4, 0.5) is 0 Å². The van der Waals surface area contributed by atoms with Gasteiger partial charge >= 0.3 is 0 Å². The van der Waals surface area contributed by atoms with E-state index in [1.54, 1.807) is 35.1 Å². The lowest BCUT2D eigenvalue weighted by molar-refractivity contribution is 0.00762. The van der Waals surface area contributed by atoms with Crippen LogP contribution in [-0.4, -0.2) is 87.3 Å². The van der Waals surface area contributed by atoms with Crippen LogP contribution in [0, 0.1) is 5.92 Å². The summed E-state index contributed by atoms with van der Waals surface area (Å²) >= 11 is 0. The highest BCUT2D eigenvalue weighted by Gasteiger charge is 2.42. The Bertz CT molecular complexity index is 998. The highest BCUT2D eigenvalue weighted by atomic mass is 32.2. The number of hydrogen-bond donors (Lipinski definition) is 3. The standard InChI is InChI=1S/C20H27N5O5S/c26-18-15(10-17(19(18)27)21-20(28)14-4-2-1-3-5-14)11-25-13-16(22-23-25)12-24-6-8-31(29,30)9-7-24/h1-5,13,15,17-19,26-27H,6-12H2,(H,21,28)/t15-,17-,18-,19+/m1/s1. The van der Waals surface area contributed by atoms with Crippen molar-refractivity contribution >= 4 is 15.7 Å². The molecule has 1 aliphatic carbocycles. The van der Waals surface area contributed by atoms with E-state index in [0.29, 0.717) is 38.2 Å². The van der Waals surface area contributed by atoms with Gasteiger partial charge in [0.2, 0.25) is 0 Å². The lowest BCUT2D eigenvalue weighted by Gasteiger charge is -2.25. The summed E-state index contributed by atoms with van der Waals surface area (Å²) in [6.45, 7) is 1.83. The third kappa shape index (κ3) is 5.29. The second-order valence-corrected chi connectivity index (χ2v) is 10.6. The molecule has 10 nitrogen and oxygen atoms in total. The lowest BCUT2D eigenvalue weighted by atomic mass is 10.1. The van der Waals surface area contributed by atoms with Gasteiger partial charge in [0.1, 0.15) is 6.10 Å². The monoisotopic (exact) mass is 449 g/mol. The summed E-state index contributed by atoms with van der Waals surface area (Å²) in [4.78, 5) is 14.4. The van der Waals surface area contributed by atoms with E-state index in [1.807, 2.05) is 11.0 Å². The Kier molecular flexibility index (Phi) is 6.37. The fourth-order valence-corrected chi connectivity index (χ4v) is 5.44. The predicted octanol–water partition coefficient (Wildman–Crippen LogP) is -0.951. The number of aliphatic hydroxyl groups is 2. The number of rotatable bonds is 6. The van der Waals surface area contributed by atoms with Gasteiger partial charge in [-0.2, -0.15) is 0 Å². The molecule has 4 rings (SSSR count). The van der Waals surface area contributed by atoms with Crippen molar-refractivity contribution in [2.24, 2.45) is 5.92 Å². The molecule has 2 fully saturated rings. The number of carbonyl (C=O) groups is 1. The minimum Gasteiger partial charge on any atom is -0.390 e. The topological polar surface area (TPSA) is 138 Å². The fourth-order valence-electron chi connectivity index (χ4n) is 4.17. The Morgan fingerprint density at radius 3 is 2.55 bits per heavy atom. The molecule has 3 N–H and O–H groups in total. The summed E-state index contributed by atoms with van der Waals surface area (Å²) in [6, 6.07) is 8.19. The Balaban J connectivity index is 1.32. The molecule has 1 aromatic carbocycles. The van der Waals surface area contributed by atoms with Crippen molar-refractivity contribution in [3.8, 4) is 0 Å². The molecule has 1 saturated heterocycles. The lowest BCUT2D eigenvalue weighted by Crippen LogP contribution is -2.43. The van der Waals surface area contributed by atoms with Crippen LogP contribution in [0.2, 0.25) is 0 Å². The van der Waals surface area contributed by atoms with E-state index >= 15 is 0 Å². The Hall–Kier alpha value is -2.34. The average Bonchev–Trinajstić information content (AvgIpc) is 3.30. The molecule has 168 valence electrons. The molecule has 31 heavy (non-hydrogen) atoms. The van der Waals surface area contributed by atoms with E-state index in [-0.39, 0.29) is 23.3 Å². The fraction of sp³-hybridized carbons (Fsp3) is 0.550. The number of aliphatic hydroxyl groups excluding tert-OH is 2. The van der Waals surface area contributed by atoms with Gasteiger partial charge < -0.3 is 15.5 Å². The highest BCUT2D eigenvalue weighted by Crippen LogP contribution is 2.28. The van der Waals surface area contributed by atoms with Crippen LogP contribution >= 0.6 is 0 Å². The number of amides is 1. The van der Waals surface area contributed by atoms with Crippen molar-refractivity contribution in [3.05, 3.63) is 47.8 Å². The Morgan fingerprint density at radius 2 is 1.84 bits per heavy atom. The quantitative estimate of drug-likeness (QED) is 0.513. The number of benzene rings is 1. The van der Waals surface area contributed by atoms with Crippen molar-refractivity contribution in [1.29, 1.82) is 0 Å². The number of nitrogens with one attached hydrogen (secondary N) is 1. The van der Waals surface area contributed by atoms with Crippen LogP contribution in [0.5, 0.6) is 0 Å². The maximum atomic E-state index is 12.4. The van der Waals surface area contributed by atoms with Gasteiger partial charge in [0.05, 0.1) is 29.3 Å². The van der Waals surface area contributed by atoms with Crippen LogP contribution in [-0.2, 0) is 22.9 Å². The molecule has 0 spiro atoms. The zero-order valence-electron chi connectivity index (χ0n) is 17.0. The molecule has 0 bridgehead atoms. The number of hydrogen-bond acceptors (Lipinski definition) is 8. The molecule has 1 saturated carbocycles. The van der Waals surface area contributed by atoms with Crippen molar-refractivity contribution in [3.63, 3.8) is 0 Å². The molecule has 1 amide bonds. The van der Waals surface area contributed by atoms with Gasteiger partial charge in [0, 0.05) is 43.9 Å². The summed E-state index contributed by atoms with van der Waals surface area (Å²) in [7, 11) is -2.93.